The molecule has 96 valence electrons. The molecule has 0 aromatic rings. The van der Waals surface area contributed by atoms with Crippen LogP contribution in [0.15, 0.2) is 0 Å². The van der Waals surface area contributed by atoms with E-state index in [0.717, 1.165) is 5.75 Å². The van der Waals surface area contributed by atoms with Gasteiger partial charge < -0.3 is 5.32 Å². The summed E-state index contributed by atoms with van der Waals surface area (Å²) in [6.07, 6.45) is 3.65. The minimum absolute atomic E-state index is 0.421. The third kappa shape index (κ3) is 6.08. The molecule has 1 aliphatic heterocycles. The second-order valence-electron chi connectivity index (χ2n) is 5.05. The molecule has 2 N–H and O–H groups in total. The minimum Gasteiger partial charge on any atom is -0.311 e. The van der Waals surface area contributed by atoms with E-state index < -0.39 is 15.6 Å². The van der Waals surface area contributed by atoms with Crippen LogP contribution in [-0.4, -0.2) is 44.3 Å². The van der Waals surface area contributed by atoms with Gasteiger partial charge in [0, 0.05) is 23.9 Å². The van der Waals surface area contributed by atoms with Crippen molar-refractivity contribution in [3.63, 3.8) is 0 Å². The maximum Gasteiger partial charge on any atom is 0.209 e. The van der Waals surface area contributed by atoms with Crippen LogP contribution < -0.4 is 10.0 Å². The minimum atomic E-state index is -3.13. The first-order valence-corrected chi connectivity index (χ1v) is 8.63. The van der Waals surface area contributed by atoms with Crippen LogP contribution in [0.3, 0.4) is 0 Å². The third-order valence-electron chi connectivity index (χ3n) is 2.45. The van der Waals surface area contributed by atoms with Gasteiger partial charge >= 0.3 is 0 Å². The summed E-state index contributed by atoms with van der Waals surface area (Å²) in [4.78, 5) is 0. The average molecular weight is 266 g/mol. The SMILES string of the molecule is CC(C)(CNC1CCCSC1)NS(C)(=O)=O. The van der Waals surface area contributed by atoms with Gasteiger partial charge in [-0.05, 0) is 32.4 Å². The van der Waals surface area contributed by atoms with E-state index in [1.165, 1.54) is 24.9 Å². The second-order valence-corrected chi connectivity index (χ2v) is 7.95. The second kappa shape index (κ2) is 5.71. The van der Waals surface area contributed by atoms with E-state index in [4.69, 9.17) is 0 Å². The highest BCUT2D eigenvalue weighted by atomic mass is 32.2. The van der Waals surface area contributed by atoms with Crippen molar-refractivity contribution < 1.29 is 8.42 Å². The van der Waals surface area contributed by atoms with Crippen molar-refractivity contribution in [1.82, 2.24) is 10.0 Å². The average Bonchev–Trinajstić information content (AvgIpc) is 2.13. The maximum absolute atomic E-state index is 11.2. The molecule has 0 amide bonds. The van der Waals surface area contributed by atoms with Crippen molar-refractivity contribution in [3.8, 4) is 0 Å². The van der Waals surface area contributed by atoms with Crippen molar-refractivity contribution >= 4 is 21.8 Å². The smallest absolute Gasteiger partial charge is 0.209 e. The third-order valence-corrected chi connectivity index (χ3v) is 4.59. The molecule has 0 aromatic heterocycles. The Kier molecular flexibility index (Phi) is 5.10. The molecular weight excluding hydrogens is 244 g/mol. The zero-order chi connectivity index (χ0) is 12.2. The number of thioether (sulfide) groups is 1. The lowest BCUT2D eigenvalue weighted by atomic mass is 10.1. The Balaban J connectivity index is 2.34. The molecule has 1 unspecified atom stereocenters. The summed E-state index contributed by atoms with van der Waals surface area (Å²) in [6, 6.07) is 0.527. The van der Waals surface area contributed by atoms with E-state index in [0.29, 0.717) is 12.6 Å². The summed E-state index contributed by atoms with van der Waals surface area (Å²) in [5.41, 5.74) is -0.421. The molecule has 16 heavy (non-hydrogen) atoms. The Bertz CT molecular complexity index is 309. The molecule has 0 spiro atoms. The molecule has 0 bridgehead atoms. The van der Waals surface area contributed by atoms with Crippen LogP contribution in [0.1, 0.15) is 26.7 Å². The van der Waals surface area contributed by atoms with Gasteiger partial charge in [-0.15, -0.1) is 0 Å². The van der Waals surface area contributed by atoms with Gasteiger partial charge in [0.15, 0.2) is 0 Å². The predicted octanol–water partition coefficient (Wildman–Crippen LogP) is 0.799. The Morgan fingerprint density at radius 3 is 2.62 bits per heavy atom. The van der Waals surface area contributed by atoms with E-state index in [1.807, 2.05) is 25.6 Å². The quantitative estimate of drug-likeness (QED) is 0.773. The summed E-state index contributed by atoms with van der Waals surface area (Å²) < 4.78 is 24.9. The monoisotopic (exact) mass is 266 g/mol. The lowest BCUT2D eigenvalue weighted by Crippen LogP contribution is -2.52. The van der Waals surface area contributed by atoms with Crippen LogP contribution in [0.2, 0.25) is 0 Å². The molecule has 0 saturated carbocycles. The lowest BCUT2D eigenvalue weighted by Gasteiger charge is -2.30. The van der Waals surface area contributed by atoms with Gasteiger partial charge in [0.2, 0.25) is 10.0 Å². The van der Waals surface area contributed by atoms with Crippen molar-refractivity contribution in [1.29, 1.82) is 0 Å². The summed E-state index contributed by atoms with van der Waals surface area (Å²) in [5, 5.41) is 3.44. The molecule has 6 heteroatoms. The van der Waals surface area contributed by atoms with E-state index in [1.54, 1.807) is 0 Å². The van der Waals surface area contributed by atoms with Gasteiger partial charge in [-0.2, -0.15) is 11.8 Å². The largest absolute Gasteiger partial charge is 0.311 e. The number of nitrogens with one attached hydrogen (secondary N) is 2. The summed E-state index contributed by atoms with van der Waals surface area (Å²) in [7, 11) is -3.13. The normalized spacial score (nSPS) is 23.3. The van der Waals surface area contributed by atoms with Crippen LogP contribution in [0, 0.1) is 0 Å². The van der Waals surface area contributed by atoms with Crippen molar-refractivity contribution in [2.45, 2.75) is 38.3 Å². The molecule has 0 radical (unpaired) electrons. The molecular formula is C10H22N2O2S2. The highest BCUT2D eigenvalue weighted by Crippen LogP contribution is 2.17. The van der Waals surface area contributed by atoms with Crippen molar-refractivity contribution in [2.75, 3.05) is 24.3 Å². The standard InChI is InChI=1S/C10H22N2O2S2/c1-10(2,12-16(3,13)14)8-11-9-5-4-6-15-7-9/h9,11-12H,4-8H2,1-3H3. The molecule has 1 saturated heterocycles. The molecule has 4 nitrogen and oxygen atoms in total. The van der Waals surface area contributed by atoms with Gasteiger partial charge in [0.1, 0.15) is 0 Å². The first-order chi connectivity index (χ1) is 7.29. The Labute approximate surface area is 103 Å². The maximum atomic E-state index is 11.2. The van der Waals surface area contributed by atoms with Crippen molar-refractivity contribution in [2.24, 2.45) is 0 Å². The van der Waals surface area contributed by atoms with Gasteiger partial charge in [-0.25, -0.2) is 13.1 Å². The summed E-state index contributed by atoms with van der Waals surface area (Å²) in [6.45, 7) is 4.47. The van der Waals surface area contributed by atoms with Gasteiger partial charge in [0.05, 0.1) is 6.26 Å². The van der Waals surface area contributed by atoms with Gasteiger partial charge in [-0.1, -0.05) is 0 Å². The first-order valence-electron chi connectivity index (χ1n) is 5.59. The molecule has 1 heterocycles. The topological polar surface area (TPSA) is 58.2 Å². The van der Waals surface area contributed by atoms with E-state index in [2.05, 4.69) is 10.0 Å². The number of rotatable bonds is 5. The first kappa shape index (κ1) is 14.3. The highest BCUT2D eigenvalue weighted by Gasteiger charge is 2.23. The molecule has 0 aromatic carbocycles. The van der Waals surface area contributed by atoms with Crippen LogP contribution >= 0.6 is 11.8 Å². The highest BCUT2D eigenvalue weighted by molar-refractivity contribution is 7.99. The molecule has 0 aliphatic carbocycles. The van der Waals surface area contributed by atoms with Crippen LogP contribution in [0.4, 0.5) is 0 Å². The Morgan fingerprint density at radius 2 is 2.12 bits per heavy atom. The Morgan fingerprint density at radius 1 is 1.44 bits per heavy atom. The van der Waals surface area contributed by atoms with E-state index >= 15 is 0 Å². The van der Waals surface area contributed by atoms with Gasteiger partial charge in [-0.3, -0.25) is 0 Å². The van der Waals surface area contributed by atoms with Crippen LogP contribution in [0.25, 0.3) is 0 Å². The number of hydrogen-bond acceptors (Lipinski definition) is 4. The molecule has 1 aliphatic rings. The fourth-order valence-electron chi connectivity index (χ4n) is 1.84. The van der Waals surface area contributed by atoms with Crippen molar-refractivity contribution in [3.05, 3.63) is 0 Å². The fourth-order valence-corrected chi connectivity index (χ4v) is 4.02. The number of hydrogen-bond donors (Lipinski definition) is 2. The Hall–Kier alpha value is 0.220. The lowest BCUT2D eigenvalue weighted by molar-refractivity contribution is 0.387. The number of sulfonamides is 1. The zero-order valence-corrected chi connectivity index (χ0v) is 11.9. The van der Waals surface area contributed by atoms with Crippen LogP contribution in [-0.2, 0) is 10.0 Å². The van der Waals surface area contributed by atoms with Crippen LogP contribution in [0.5, 0.6) is 0 Å². The van der Waals surface area contributed by atoms with E-state index in [-0.39, 0.29) is 0 Å². The summed E-state index contributed by atoms with van der Waals surface area (Å²) in [5.74, 6) is 2.39. The fraction of sp³-hybridized carbons (Fsp3) is 1.00. The zero-order valence-electron chi connectivity index (χ0n) is 10.2. The molecule has 1 fully saturated rings. The molecule has 1 rings (SSSR count). The predicted molar refractivity (Wildman–Crippen MR) is 70.4 cm³/mol. The molecule has 1 atom stereocenters. The van der Waals surface area contributed by atoms with Gasteiger partial charge in [0.25, 0.3) is 0 Å². The van der Waals surface area contributed by atoms with E-state index in [9.17, 15) is 8.42 Å². The summed E-state index contributed by atoms with van der Waals surface area (Å²) >= 11 is 1.97.